The van der Waals surface area contributed by atoms with Crippen LogP contribution in [0, 0.1) is 5.92 Å². The summed E-state index contributed by atoms with van der Waals surface area (Å²) in [6.45, 7) is 5.97. The number of carbonyl (C=O) groups is 3. The lowest BCUT2D eigenvalue weighted by atomic mass is 10.0. The Hall–Kier alpha value is -2.25. The van der Waals surface area contributed by atoms with Crippen LogP contribution in [0.5, 0.6) is 0 Å². The molecule has 0 bridgehead atoms. The van der Waals surface area contributed by atoms with E-state index in [0.29, 0.717) is 37.5 Å². The monoisotopic (exact) mass is 372 g/mol. The molecule has 0 radical (unpaired) electrons. The van der Waals surface area contributed by atoms with Crippen molar-refractivity contribution in [1.82, 2.24) is 15.5 Å². The van der Waals surface area contributed by atoms with Crippen LogP contribution < -0.4 is 16.4 Å². The molecule has 1 saturated heterocycles. The van der Waals surface area contributed by atoms with E-state index in [1.54, 1.807) is 4.90 Å². The number of amides is 3. The number of hydrogen-bond acceptors (Lipinski definition) is 5. The number of nitrogens with one attached hydrogen (secondary N) is 2. The van der Waals surface area contributed by atoms with E-state index in [1.165, 1.54) is 0 Å². The van der Waals surface area contributed by atoms with Crippen LogP contribution in [0.3, 0.4) is 0 Å². The molecule has 4 N–H and O–H groups in total. The van der Waals surface area contributed by atoms with Crippen molar-refractivity contribution in [3.8, 4) is 0 Å². The van der Waals surface area contributed by atoms with E-state index in [-0.39, 0.29) is 30.2 Å². The third-order valence-electron chi connectivity index (χ3n) is 5.23. The minimum atomic E-state index is -0.572. The Morgan fingerprint density at radius 1 is 1.30 bits per heavy atom. The van der Waals surface area contributed by atoms with Crippen LogP contribution in [-0.2, 0) is 22.7 Å². The first-order chi connectivity index (χ1) is 12.9. The van der Waals surface area contributed by atoms with Gasteiger partial charge in [0.2, 0.25) is 11.8 Å². The van der Waals surface area contributed by atoms with E-state index in [1.807, 2.05) is 18.2 Å². The zero-order valence-electron chi connectivity index (χ0n) is 16.0. The number of fused-ring (bicyclic) bond motifs is 1. The Bertz CT molecular complexity index is 747. The lowest BCUT2D eigenvalue weighted by Crippen LogP contribution is -2.52. The molecule has 7 heteroatoms. The number of nitrogens with two attached hydrogens (primary N) is 1. The topological polar surface area (TPSA) is 105 Å². The minimum absolute atomic E-state index is 0.140. The van der Waals surface area contributed by atoms with Gasteiger partial charge in [-0.05, 0) is 36.0 Å². The lowest BCUT2D eigenvalue weighted by molar-refractivity contribution is -0.136. The van der Waals surface area contributed by atoms with Crippen molar-refractivity contribution < 1.29 is 14.4 Å². The Morgan fingerprint density at radius 2 is 2.07 bits per heavy atom. The molecule has 2 heterocycles. The predicted molar refractivity (Wildman–Crippen MR) is 102 cm³/mol. The summed E-state index contributed by atoms with van der Waals surface area (Å²) in [4.78, 5) is 37.9. The molecular weight excluding hydrogens is 344 g/mol. The molecule has 7 nitrogen and oxygen atoms in total. The Balaban J connectivity index is 1.67. The standard InChI is InChI=1S/C20H28N4O3/c1-12(2)7-15(9-21)22-10-13-3-4-14-11-24(20(27)16(14)8-13)17-5-6-18(25)23-19(17)26/h3-4,8,12,15,17,22H,5-7,9-11,21H2,1-2H3,(H,23,25,26)/t15-,17?/m0/s1. The smallest absolute Gasteiger partial charge is 0.255 e. The molecule has 27 heavy (non-hydrogen) atoms. The van der Waals surface area contributed by atoms with E-state index in [2.05, 4.69) is 24.5 Å². The van der Waals surface area contributed by atoms with Gasteiger partial charge in [0.05, 0.1) is 0 Å². The molecule has 146 valence electrons. The average Bonchev–Trinajstić information content (AvgIpc) is 2.94. The molecule has 0 aromatic heterocycles. The van der Waals surface area contributed by atoms with Crippen LogP contribution in [-0.4, -0.2) is 41.2 Å². The number of hydrogen-bond donors (Lipinski definition) is 3. The van der Waals surface area contributed by atoms with Crippen LogP contribution in [0.25, 0.3) is 0 Å². The van der Waals surface area contributed by atoms with Crippen molar-refractivity contribution in [2.45, 2.75) is 58.3 Å². The SMILES string of the molecule is CC(C)C[C@@H](CN)NCc1ccc2c(c1)C(=O)N(C1CCC(=O)NC1=O)C2. The van der Waals surface area contributed by atoms with Gasteiger partial charge in [-0.25, -0.2) is 0 Å². The molecule has 0 saturated carbocycles. The third kappa shape index (κ3) is 4.36. The zero-order valence-corrected chi connectivity index (χ0v) is 16.0. The van der Waals surface area contributed by atoms with Gasteiger partial charge in [-0.3, -0.25) is 19.7 Å². The quantitative estimate of drug-likeness (QED) is 0.617. The summed E-state index contributed by atoms with van der Waals surface area (Å²) in [6, 6.07) is 5.54. The molecule has 1 aromatic carbocycles. The van der Waals surface area contributed by atoms with Crippen LogP contribution in [0.1, 0.15) is 54.6 Å². The molecule has 1 aromatic rings. The number of benzene rings is 1. The van der Waals surface area contributed by atoms with Gasteiger partial charge in [-0.1, -0.05) is 26.0 Å². The molecule has 3 rings (SSSR count). The van der Waals surface area contributed by atoms with Crippen LogP contribution in [0.15, 0.2) is 18.2 Å². The fourth-order valence-corrected chi connectivity index (χ4v) is 3.81. The summed E-state index contributed by atoms with van der Waals surface area (Å²) < 4.78 is 0. The molecular formula is C20H28N4O3. The molecule has 1 fully saturated rings. The van der Waals surface area contributed by atoms with Gasteiger partial charge in [0.15, 0.2) is 0 Å². The third-order valence-corrected chi connectivity index (χ3v) is 5.23. The van der Waals surface area contributed by atoms with E-state index in [4.69, 9.17) is 5.73 Å². The Morgan fingerprint density at radius 3 is 2.74 bits per heavy atom. The summed E-state index contributed by atoms with van der Waals surface area (Å²) in [6.07, 6.45) is 1.65. The minimum Gasteiger partial charge on any atom is -0.329 e. The van der Waals surface area contributed by atoms with Gasteiger partial charge in [-0.15, -0.1) is 0 Å². The molecule has 0 aliphatic carbocycles. The molecule has 0 spiro atoms. The zero-order chi connectivity index (χ0) is 19.6. The second-order valence-electron chi connectivity index (χ2n) is 7.83. The van der Waals surface area contributed by atoms with Crippen LogP contribution >= 0.6 is 0 Å². The van der Waals surface area contributed by atoms with Gasteiger partial charge >= 0.3 is 0 Å². The summed E-state index contributed by atoms with van der Waals surface area (Å²) in [5.74, 6) is -0.230. The second-order valence-corrected chi connectivity index (χ2v) is 7.83. The van der Waals surface area contributed by atoms with Gasteiger partial charge in [0.1, 0.15) is 6.04 Å². The van der Waals surface area contributed by atoms with Gasteiger partial charge < -0.3 is 16.0 Å². The maximum atomic E-state index is 12.8. The van der Waals surface area contributed by atoms with Crippen molar-refractivity contribution in [3.05, 3.63) is 34.9 Å². The number of rotatable bonds is 7. The first-order valence-corrected chi connectivity index (χ1v) is 9.59. The Labute approximate surface area is 159 Å². The van der Waals surface area contributed by atoms with E-state index in [9.17, 15) is 14.4 Å². The van der Waals surface area contributed by atoms with E-state index >= 15 is 0 Å². The number of carbonyl (C=O) groups excluding carboxylic acids is 3. The summed E-state index contributed by atoms with van der Waals surface area (Å²) in [5.41, 5.74) is 8.43. The lowest BCUT2D eigenvalue weighted by Gasteiger charge is -2.29. The molecule has 3 amide bonds. The first kappa shape index (κ1) is 19.5. The normalized spacial score (nSPS) is 20.8. The molecule has 2 aliphatic rings. The van der Waals surface area contributed by atoms with Crippen molar-refractivity contribution in [1.29, 1.82) is 0 Å². The summed E-state index contributed by atoms with van der Waals surface area (Å²) >= 11 is 0. The van der Waals surface area contributed by atoms with Crippen LogP contribution in [0.4, 0.5) is 0 Å². The van der Waals surface area contributed by atoms with Gasteiger partial charge in [-0.2, -0.15) is 0 Å². The molecule has 2 atom stereocenters. The maximum Gasteiger partial charge on any atom is 0.255 e. The van der Waals surface area contributed by atoms with Crippen LogP contribution in [0.2, 0.25) is 0 Å². The molecule has 1 unspecified atom stereocenters. The first-order valence-electron chi connectivity index (χ1n) is 9.59. The van der Waals surface area contributed by atoms with Crippen molar-refractivity contribution in [2.75, 3.05) is 6.54 Å². The average molecular weight is 372 g/mol. The predicted octanol–water partition coefficient (Wildman–Crippen LogP) is 0.911. The number of piperidine rings is 1. The second kappa shape index (κ2) is 8.19. The Kier molecular flexibility index (Phi) is 5.92. The van der Waals surface area contributed by atoms with Crippen molar-refractivity contribution >= 4 is 17.7 Å². The van der Waals surface area contributed by atoms with E-state index in [0.717, 1.165) is 17.5 Å². The highest BCUT2D eigenvalue weighted by Crippen LogP contribution is 2.28. The van der Waals surface area contributed by atoms with E-state index < -0.39 is 6.04 Å². The van der Waals surface area contributed by atoms with Crippen molar-refractivity contribution in [2.24, 2.45) is 11.7 Å². The number of imide groups is 1. The highest BCUT2D eigenvalue weighted by molar-refractivity contribution is 6.05. The summed E-state index contributed by atoms with van der Waals surface area (Å²) in [5, 5.41) is 5.78. The fourth-order valence-electron chi connectivity index (χ4n) is 3.81. The van der Waals surface area contributed by atoms with Crippen molar-refractivity contribution in [3.63, 3.8) is 0 Å². The fraction of sp³-hybridized carbons (Fsp3) is 0.550. The number of nitrogens with zero attached hydrogens (tertiary/aromatic N) is 1. The van der Waals surface area contributed by atoms with Gasteiger partial charge in [0, 0.05) is 37.7 Å². The maximum absolute atomic E-state index is 12.8. The molecule has 2 aliphatic heterocycles. The summed E-state index contributed by atoms with van der Waals surface area (Å²) in [7, 11) is 0. The van der Waals surface area contributed by atoms with Gasteiger partial charge in [0.25, 0.3) is 5.91 Å². The largest absolute Gasteiger partial charge is 0.329 e. The highest BCUT2D eigenvalue weighted by atomic mass is 16.2. The highest BCUT2D eigenvalue weighted by Gasteiger charge is 2.39.